The zero-order chi connectivity index (χ0) is 10.9. The second-order valence-corrected chi connectivity index (χ2v) is 4.28. The van der Waals surface area contributed by atoms with Crippen molar-refractivity contribution in [2.24, 2.45) is 11.8 Å². The standard InChI is InChI=1S/C11H22.C2H6/c1-9(2)6-7-11(5)8-10(3)4;1-2/h9-10H,5-8H2,1-4H3;1-2H3. The van der Waals surface area contributed by atoms with Crippen LogP contribution in [0.2, 0.25) is 0 Å². The molecule has 0 aliphatic heterocycles. The Kier molecular flexibility index (Phi) is 11.5. The minimum Gasteiger partial charge on any atom is -0.0999 e. The fourth-order valence-electron chi connectivity index (χ4n) is 1.17. The summed E-state index contributed by atoms with van der Waals surface area (Å²) >= 11 is 0. The third kappa shape index (κ3) is 14.6. The maximum Gasteiger partial charge on any atom is -0.0300 e. The molecule has 0 aliphatic carbocycles. The largest absolute Gasteiger partial charge is 0.0999 e. The summed E-state index contributed by atoms with van der Waals surface area (Å²) in [5.41, 5.74) is 1.42. The van der Waals surface area contributed by atoms with E-state index in [1.165, 1.54) is 24.8 Å². The van der Waals surface area contributed by atoms with E-state index in [-0.39, 0.29) is 0 Å². The zero-order valence-corrected chi connectivity index (χ0v) is 10.5. The lowest BCUT2D eigenvalue weighted by Crippen LogP contribution is -1.93. The first-order valence-electron chi connectivity index (χ1n) is 5.69. The molecular weight excluding hydrogens is 156 g/mol. The van der Waals surface area contributed by atoms with Gasteiger partial charge in [0.05, 0.1) is 0 Å². The molecule has 0 heterocycles. The van der Waals surface area contributed by atoms with Gasteiger partial charge >= 0.3 is 0 Å². The van der Waals surface area contributed by atoms with Crippen molar-refractivity contribution in [3.8, 4) is 0 Å². The van der Waals surface area contributed by atoms with Gasteiger partial charge < -0.3 is 0 Å². The Morgan fingerprint density at radius 3 is 1.77 bits per heavy atom. The summed E-state index contributed by atoms with van der Waals surface area (Å²) in [6.07, 6.45) is 3.72. The molecule has 0 fully saturated rings. The molecule has 0 saturated heterocycles. The molecule has 0 atom stereocenters. The van der Waals surface area contributed by atoms with Crippen LogP contribution in [0.15, 0.2) is 12.2 Å². The average molecular weight is 184 g/mol. The Morgan fingerprint density at radius 1 is 1.00 bits per heavy atom. The highest BCUT2D eigenvalue weighted by molar-refractivity contribution is 4.94. The molecule has 0 aliphatic rings. The summed E-state index contributed by atoms with van der Waals surface area (Å²) < 4.78 is 0. The Labute approximate surface area is 85.4 Å². The molecular formula is C13H28. The van der Waals surface area contributed by atoms with Crippen LogP contribution in [0.3, 0.4) is 0 Å². The van der Waals surface area contributed by atoms with Crippen molar-refractivity contribution < 1.29 is 0 Å². The minimum atomic E-state index is 0.773. The SMILES string of the molecule is C=C(CCC(C)C)CC(C)C.CC. The van der Waals surface area contributed by atoms with Crippen LogP contribution in [0.1, 0.15) is 60.8 Å². The van der Waals surface area contributed by atoms with Crippen LogP contribution < -0.4 is 0 Å². The molecule has 0 spiro atoms. The van der Waals surface area contributed by atoms with Gasteiger partial charge in [-0.05, 0) is 31.1 Å². The zero-order valence-electron chi connectivity index (χ0n) is 10.5. The van der Waals surface area contributed by atoms with Crippen LogP contribution in [0.25, 0.3) is 0 Å². The summed E-state index contributed by atoms with van der Waals surface area (Å²) in [6, 6.07) is 0. The van der Waals surface area contributed by atoms with Crippen molar-refractivity contribution in [1.29, 1.82) is 0 Å². The predicted octanol–water partition coefficient (Wildman–Crippen LogP) is 5.05. The molecule has 0 radical (unpaired) electrons. The van der Waals surface area contributed by atoms with Gasteiger partial charge in [0, 0.05) is 0 Å². The van der Waals surface area contributed by atoms with E-state index in [1.807, 2.05) is 13.8 Å². The number of rotatable bonds is 5. The van der Waals surface area contributed by atoms with Crippen LogP contribution in [-0.2, 0) is 0 Å². The fraction of sp³-hybridized carbons (Fsp3) is 0.846. The Hall–Kier alpha value is -0.260. The lowest BCUT2D eigenvalue weighted by atomic mass is 9.97. The van der Waals surface area contributed by atoms with Crippen molar-refractivity contribution >= 4 is 0 Å². The molecule has 13 heavy (non-hydrogen) atoms. The summed E-state index contributed by atoms with van der Waals surface area (Å²) in [4.78, 5) is 0. The van der Waals surface area contributed by atoms with E-state index >= 15 is 0 Å². The number of hydrogen-bond donors (Lipinski definition) is 0. The molecule has 0 nitrogen and oxygen atoms in total. The van der Waals surface area contributed by atoms with E-state index in [9.17, 15) is 0 Å². The third-order valence-corrected chi connectivity index (χ3v) is 1.77. The molecule has 80 valence electrons. The van der Waals surface area contributed by atoms with Crippen molar-refractivity contribution in [3.63, 3.8) is 0 Å². The summed E-state index contributed by atoms with van der Waals surface area (Å²) in [6.45, 7) is 17.1. The minimum absolute atomic E-state index is 0.773. The highest BCUT2D eigenvalue weighted by Crippen LogP contribution is 2.16. The van der Waals surface area contributed by atoms with Gasteiger partial charge in [0.15, 0.2) is 0 Å². The van der Waals surface area contributed by atoms with Gasteiger partial charge in [0.25, 0.3) is 0 Å². The van der Waals surface area contributed by atoms with Crippen molar-refractivity contribution in [2.75, 3.05) is 0 Å². The number of hydrogen-bond acceptors (Lipinski definition) is 0. The molecule has 0 N–H and O–H groups in total. The van der Waals surface area contributed by atoms with Crippen LogP contribution in [-0.4, -0.2) is 0 Å². The van der Waals surface area contributed by atoms with E-state index in [0.717, 1.165) is 11.8 Å². The van der Waals surface area contributed by atoms with Crippen LogP contribution >= 0.6 is 0 Å². The molecule has 0 unspecified atom stereocenters. The monoisotopic (exact) mass is 184 g/mol. The molecule has 0 aromatic heterocycles. The Bertz CT molecular complexity index is 109. The predicted molar refractivity (Wildman–Crippen MR) is 64.0 cm³/mol. The Morgan fingerprint density at radius 2 is 1.46 bits per heavy atom. The van der Waals surface area contributed by atoms with Gasteiger partial charge in [-0.2, -0.15) is 0 Å². The summed E-state index contributed by atoms with van der Waals surface area (Å²) in [5.74, 6) is 1.59. The first kappa shape index (κ1) is 15.2. The van der Waals surface area contributed by atoms with Gasteiger partial charge in [-0.3, -0.25) is 0 Å². The molecule has 0 bridgehead atoms. The van der Waals surface area contributed by atoms with Gasteiger partial charge in [0.2, 0.25) is 0 Å². The van der Waals surface area contributed by atoms with Gasteiger partial charge in [-0.25, -0.2) is 0 Å². The molecule has 0 rings (SSSR count). The van der Waals surface area contributed by atoms with Crippen LogP contribution in [0, 0.1) is 11.8 Å². The second-order valence-electron chi connectivity index (χ2n) is 4.28. The summed E-state index contributed by atoms with van der Waals surface area (Å²) in [7, 11) is 0. The molecule has 0 heteroatoms. The molecule has 0 amide bonds. The lowest BCUT2D eigenvalue weighted by molar-refractivity contribution is 0.554. The van der Waals surface area contributed by atoms with Gasteiger partial charge in [-0.1, -0.05) is 53.7 Å². The van der Waals surface area contributed by atoms with E-state index in [2.05, 4.69) is 34.3 Å². The maximum atomic E-state index is 4.07. The van der Waals surface area contributed by atoms with Crippen LogP contribution in [0.4, 0.5) is 0 Å². The normalized spacial score (nSPS) is 9.85. The summed E-state index contributed by atoms with van der Waals surface area (Å²) in [5, 5.41) is 0. The van der Waals surface area contributed by atoms with Gasteiger partial charge in [-0.15, -0.1) is 0 Å². The van der Waals surface area contributed by atoms with E-state index in [1.54, 1.807) is 0 Å². The van der Waals surface area contributed by atoms with Crippen LogP contribution in [0.5, 0.6) is 0 Å². The highest BCUT2D eigenvalue weighted by Gasteiger charge is 2.00. The fourth-order valence-corrected chi connectivity index (χ4v) is 1.17. The maximum absolute atomic E-state index is 4.07. The van der Waals surface area contributed by atoms with E-state index in [0.29, 0.717) is 0 Å². The lowest BCUT2D eigenvalue weighted by Gasteiger charge is -2.09. The van der Waals surface area contributed by atoms with E-state index in [4.69, 9.17) is 0 Å². The smallest absolute Gasteiger partial charge is 0.0300 e. The van der Waals surface area contributed by atoms with E-state index < -0.39 is 0 Å². The molecule has 0 aromatic carbocycles. The topological polar surface area (TPSA) is 0 Å². The first-order chi connectivity index (χ1) is 6.02. The second kappa shape index (κ2) is 9.83. The first-order valence-corrected chi connectivity index (χ1v) is 5.69. The molecule has 0 saturated carbocycles. The van der Waals surface area contributed by atoms with Crippen molar-refractivity contribution in [3.05, 3.63) is 12.2 Å². The van der Waals surface area contributed by atoms with Crippen molar-refractivity contribution in [2.45, 2.75) is 60.8 Å². The quantitative estimate of drug-likeness (QED) is 0.524. The number of allylic oxidation sites excluding steroid dienone is 1. The molecule has 0 aromatic rings. The van der Waals surface area contributed by atoms with Crippen molar-refractivity contribution in [1.82, 2.24) is 0 Å². The Balaban J connectivity index is 0. The third-order valence-electron chi connectivity index (χ3n) is 1.77. The highest BCUT2D eigenvalue weighted by atomic mass is 14.1. The van der Waals surface area contributed by atoms with Gasteiger partial charge in [0.1, 0.15) is 0 Å². The average Bonchev–Trinajstić information content (AvgIpc) is 2.03.